The van der Waals surface area contributed by atoms with Gasteiger partial charge >= 0.3 is 0 Å². The second kappa shape index (κ2) is 20.1. The highest BCUT2D eigenvalue weighted by Gasteiger charge is 2.39. The van der Waals surface area contributed by atoms with Gasteiger partial charge in [0.05, 0.1) is 24.0 Å². The molecule has 0 bridgehead atoms. The molecule has 11 heteroatoms. The summed E-state index contributed by atoms with van der Waals surface area (Å²) in [6.45, 7) is 9.58. The fourth-order valence-electron chi connectivity index (χ4n) is 8.02. The molecule has 3 aliphatic carbocycles. The van der Waals surface area contributed by atoms with E-state index < -0.39 is 28.1 Å². The van der Waals surface area contributed by atoms with E-state index >= 15 is 0 Å². The van der Waals surface area contributed by atoms with Crippen LogP contribution in [0.15, 0.2) is 0 Å². The maximum atomic E-state index is 14.0. The molecule has 4 N–H and O–H groups in total. The Morgan fingerprint density at radius 3 is 2.13 bits per heavy atom. The molecule has 10 nitrogen and oxygen atoms in total. The summed E-state index contributed by atoms with van der Waals surface area (Å²) in [5.74, 6) is 5.89. The van der Waals surface area contributed by atoms with Gasteiger partial charge in [-0.2, -0.15) is 0 Å². The monoisotopic (exact) mass is 680 g/mol. The molecular weight excluding hydrogens is 616 g/mol. The Morgan fingerprint density at radius 2 is 1.53 bits per heavy atom. The lowest BCUT2D eigenvalue weighted by Crippen LogP contribution is -2.54. The number of rotatable bonds is 17. The van der Waals surface area contributed by atoms with Crippen LogP contribution in [0.1, 0.15) is 124 Å². The van der Waals surface area contributed by atoms with Crippen molar-refractivity contribution in [3.05, 3.63) is 0 Å². The number of carbonyl (C=O) groups is 2. The molecule has 0 spiro atoms. The fraction of sp³-hybridized carbons (Fsp3) is 0.889. The van der Waals surface area contributed by atoms with Crippen LogP contribution in [0, 0.1) is 41.4 Å². The molecule has 5 atom stereocenters. The van der Waals surface area contributed by atoms with Crippen molar-refractivity contribution >= 4 is 21.8 Å². The molecule has 0 aromatic rings. The number of nitrogens with zero attached hydrogens (tertiary/aromatic N) is 2. The molecule has 5 unspecified atom stereocenters. The first-order chi connectivity index (χ1) is 22.5. The number of hydrogen-bond acceptors (Lipinski definition) is 7. The number of aliphatic hydroxyl groups excluding tert-OH is 2. The van der Waals surface area contributed by atoms with Crippen LogP contribution in [0.5, 0.6) is 0 Å². The number of aliphatic hydroxyl groups is 2. The lowest BCUT2D eigenvalue weighted by molar-refractivity contribution is -0.139. The van der Waals surface area contributed by atoms with Crippen molar-refractivity contribution in [2.75, 3.05) is 31.9 Å². The third-order valence-electron chi connectivity index (χ3n) is 10.5. The van der Waals surface area contributed by atoms with Crippen LogP contribution in [0.4, 0.5) is 0 Å². The molecule has 0 heterocycles. The molecule has 3 saturated carbocycles. The first kappa shape index (κ1) is 39.7. The third-order valence-corrected chi connectivity index (χ3v) is 12.0. The van der Waals surface area contributed by atoms with E-state index in [0.717, 1.165) is 57.8 Å². The summed E-state index contributed by atoms with van der Waals surface area (Å²) in [6, 6.07) is -0.594. The standard InChI is InChI=1S/C36H64N4O6S/c1-5-12-29-21-30(24-31(22-29)36(44)39(19-6-2)20-7-3)35(43)37-33(23-27-15-17-32(41)18-16-27)34(42)25-40(8-4)38-47(45,46)26-28-13-10-9-11-14-28/h27-34,38,41-42H,6-11,13-26H2,1-4H3,(H,37,43). The van der Waals surface area contributed by atoms with Crippen molar-refractivity contribution in [1.29, 1.82) is 0 Å². The minimum Gasteiger partial charge on any atom is -0.393 e. The first-order valence-corrected chi connectivity index (χ1v) is 20.3. The van der Waals surface area contributed by atoms with E-state index in [1.807, 2.05) is 11.8 Å². The SMILES string of the molecule is CC#CC1CC(C(=O)NC(CC2CCC(O)CC2)C(O)CN(CC)NS(=O)(=O)CC2CCCCC2)CC(C(=O)N(CCC)CCC)C1. The molecule has 0 aliphatic heterocycles. The van der Waals surface area contributed by atoms with Crippen molar-refractivity contribution in [3.63, 3.8) is 0 Å². The Kier molecular flexibility index (Phi) is 17.0. The Morgan fingerprint density at radius 1 is 0.894 bits per heavy atom. The molecule has 270 valence electrons. The summed E-state index contributed by atoms with van der Waals surface area (Å²) in [7, 11) is -3.58. The summed E-state index contributed by atoms with van der Waals surface area (Å²) in [5, 5.41) is 26.4. The van der Waals surface area contributed by atoms with E-state index in [-0.39, 0.29) is 53.9 Å². The van der Waals surface area contributed by atoms with Crippen molar-refractivity contribution in [2.45, 2.75) is 142 Å². The van der Waals surface area contributed by atoms with Crippen LogP contribution in [-0.4, -0.2) is 90.5 Å². The molecule has 0 aromatic heterocycles. The van der Waals surface area contributed by atoms with Crippen LogP contribution in [0.25, 0.3) is 0 Å². The Balaban J connectivity index is 1.74. The first-order valence-electron chi connectivity index (χ1n) is 18.6. The highest BCUT2D eigenvalue weighted by molar-refractivity contribution is 7.89. The van der Waals surface area contributed by atoms with E-state index in [1.165, 1.54) is 0 Å². The summed E-state index contributed by atoms with van der Waals surface area (Å²) < 4.78 is 26.2. The number of nitrogens with one attached hydrogen (secondary N) is 2. The van der Waals surface area contributed by atoms with E-state index in [2.05, 4.69) is 35.8 Å². The minimum absolute atomic E-state index is 0.0411. The number of hydrogen-bond donors (Lipinski definition) is 4. The fourth-order valence-corrected chi connectivity index (χ4v) is 9.65. The predicted octanol–water partition coefficient (Wildman–Crippen LogP) is 4.21. The van der Waals surface area contributed by atoms with E-state index in [9.17, 15) is 28.2 Å². The predicted molar refractivity (Wildman–Crippen MR) is 186 cm³/mol. The number of carbonyl (C=O) groups excluding carboxylic acids is 2. The van der Waals surface area contributed by atoms with Crippen molar-refractivity contribution in [2.24, 2.45) is 29.6 Å². The zero-order valence-electron chi connectivity index (χ0n) is 29.6. The Bertz CT molecular complexity index is 1120. The van der Waals surface area contributed by atoms with Gasteiger partial charge in [-0.05, 0) is 95.8 Å². The van der Waals surface area contributed by atoms with Crippen LogP contribution in [0.3, 0.4) is 0 Å². The van der Waals surface area contributed by atoms with Gasteiger partial charge in [0.2, 0.25) is 21.8 Å². The topological polar surface area (TPSA) is 139 Å². The van der Waals surface area contributed by atoms with Gasteiger partial charge in [0.25, 0.3) is 0 Å². The van der Waals surface area contributed by atoms with Gasteiger partial charge in [0.15, 0.2) is 0 Å². The Hall–Kier alpha value is -1.71. The summed E-state index contributed by atoms with van der Waals surface area (Å²) in [6.07, 6.45) is 10.8. The number of likely N-dealkylation sites (N-methyl/N-ethyl adjacent to an activating group) is 1. The largest absolute Gasteiger partial charge is 0.393 e. The lowest BCUT2D eigenvalue weighted by Gasteiger charge is -2.37. The molecule has 3 fully saturated rings. The zero-order chi connectivity index (χ0) is 34.4. The third kappa shape index (κ3) is 13.3. The van der Waals surface area contributed by atoms with Gasteiger partial charge in [-0.25, -0.2) is 13.4 Å². The summed E-state index contributed by atoms with van der Waals surface area (Å²) >= 11 is 0. The number of hydrazine groups is 1. The van der Waals surface area contributed by atoms with E-state index in [1.54, 1.807) is 11.9 Å². The molecule has 0 radical (unpaired) electrons. The summed E-state index contributed by atoms with van der Waals surface area (Å²) in [5.41, 5.74) is 0. The Labute approximate surface area is 285 Å². The van der Waals surface area contributed by atoms with Gasteiger partial charge in [-0.15, -0.1) is 16.7 Å². The molecule has 3 aliphatic rings. The molecule has 47 heavy (non-hydrogen) atoms. The zero-order valence-corrected chi connectivity index (χ0v) is 30.4. The second-order valence-electron chi connectivity index (χ2n) is 14.5. The van der Waals surface area contributed by atoms with Crippen molar-refractivity contribution < 1.29 is 28.2 Å². The van der Waals surface area contributed by atoms with E-state index in [0.29, 0.717) is 58.2 Å². The molecule has 3 rings (SSSR count). The van der Waals surface area contributed by atoms with Gasteiger partial charge < -0.3 is 20.4 Å². The average molecular weight is 681 g/mol. The van der Waals surface area contributed by atoms with Gasteiger partial charge in [0, 0.05) is 43.9 Å². The van der Waals surface area contributed by atoms with Crippen LogP contribution in [0.2, 0.25) is 0 Å². The van der Waals surface area contributed by atoms with Crippen molar-refractivity contribution in [1.82, 2.24) is 20.1 Å². The molecule has 0 aromatic carbocycles. The quantitative estimate of drug-likeness (QED) is 0.133. The minimum atomic E-state index is -3.58. The van der Waals surface area contributed by atoms with Gasteiger partial charge in [-0.1, -0.05) is 40.0 Å². The maximum absolute atomic E-state index is 14.0. The smallest absolute Gasteiger partial charge is 0.225 e. The second-order valence-corrected chi connectivity index (χ2v) is 16.3. The van der Waals surface area contributed by atoms with Crippen molar-refractivity contribution in [3.8, 4) is 11.8 Å². The van der Waals surface area contributed by atoms with E-state index in [4.69, 9.17) is 0 Å². The normalized spacial score (nSPS) is 27.0. The lowest BCUT2D eigenvalue weighted by atomic mass is 9.74. The number of amides is 2. The summed E-state index contributed by atoms with van der Waals surface area (Å²) in [4.78, 5) is 32.3. The van der Waals surface area contributed by atoms with Crippen LogP contribution < -0.4 is 10.1 Å². The van der Waals surface area contributed by atoms with Crippen LogP contribution in [-0.2, 0) is 19.6 Å². The van der Waals surface area contributed by atoms with Gasteiger partial charge in [0.1, 0.15) is 0 Å². The van der Waals surface area contributed by atoms with Crippen LogP contribution >= 0.6 is 0 Å². The molecular formula is C36H64N4O6S. The highest BCUT2D eigenvalue weighted by Crippen LogP contribution is 2.35. The number of sulfonamides is 1. The average Bonchev–Trinajstić information content (AvgIpc) is 3.04. The van der Waals surface area contributed by atoms with Gasteiger partial charge in [-0.3, -0.25) is 9.59 Å². The highest BCUT2D eigenvalue weighted by atomic mass is 32.2. The molecule has 0 saturated heterocycles. The molecule has 2 amide bonds. The maximum Gasteiger partial charge on any atom is 0.225 e.